The molecule has 0 spiro atoms. The number of halogens is 1. The molecule has 2 aromatic heterocycles. The van der Waals surface area contributed by atoms with Crippen molar-refractivity contribution in [3.63, 3.8) is 0 Å². The monoisotopic (exact) mass is 575 g/mol. The van der Waals surface area contributed by atoms with Gasteiger partial charge < -0.3 is 10.4 Å². The maximum Gasteiger partial charge on any atom is 0.335 e. The van der Waals surface area contributed by atoms with Gasteiger partial charge in [0.15, 0.2) is 0 Å². The molecule has 3 aromatic rings. The summed E-state index contributed by atoms with van der Waals surface area (Å²) in [4.78, 5) is 28.1. The number of benzene rings is 1. The molecule has 3 N–H and O–H groups in total. The van der Waals surface area contributed by atoms with Gasteiger partial charge in [-0.15, -0.1) is 11.3 Å². The molecule has 1 saturated carbocycles. The number of aliphatic hydroxyl groups is 1. The number of nitrogens with one attached hydrogen (secondary N) is 2. The molecular formula is C25H26ClN5O5S2. The lowest BCUT2D eigenvalue weighted by atomic mass is 9.93. The Hall–Kier alpha value is -2.74. The van der Waals surface area contributed by atoms with Gasteiger partial charge in [0.05, 0.1) is 22.3 Å². The molecule has 5 rings (SSSR count). The Kier molecular flexibility index (Phi) is 7.63. The predicted molar refractivity (Wildman–Crippen MR) is 146 cm³/mol. The highest BCUT2D eigenvalue weighted by Gasteiger charge is 2.37. The Labute approximate surface area is 229 Å². The van der Waals surface area contributed by atoms with Crippen LogP contribution in [0.3, 0.4) is 0 Å². The van der Waals surface area contributed by atoms with Crippen LogP contribution in [0, 0.1) is 6.92 Å². The molecule has 1 aromatic carbocycles. The molecule has 0 bridgehead atoms. The van der Waals surface area contributed by atoms with E-state index in [1.54, 1.807) is 0 Å². The highest BCUT2D eigenvalue weighted by Crippen LogP contribution is 2.32. The number of rotatable bonds is 8. The summed E-state index contributed by atoms with van der Waals surface area (Å²) in [6.45, 7) is 2.62. The first kappa shape index (κ1) is 26.9. The fourth-order valence-electron chi connectivity index (χ4n) is 4.77. The number of ketones is 1. The topological polar surface area (TPSA) is 143 Å². The summed E-state index contributed by atoms with van der Waals surface area (Å²) >= 11 is 7.64. The fraction of sp³-hybridized carbons (Fsp3) is 0.360. The van der Waals surface area contributed by atoms with E-state index in [9.17, 15) is 18.3 Å². The van der Waals surface area contributed by atoms with Crippen LogP contribution in [0.5, 0.6) is 0 Å². The number of hydrogen-bond acceptors (Lipinski definition) is 10. The van der Waals surface area contributed by atoms with E-state index in [2.05, 4.69) is 20.0 Å². The first-order chi connectivity index (χ1) is 18.1. The second kappa shape index (κ2) is 10.8. The molecule has 0 amide bonds. The molecule has 10 nitrogen and oxygen atoms in total. The quantitative estimate of drug-likeness (QED) is 0.348. The van der Waals surface area contributed by atoms with Gasteiger partial charge in [-0.1, -0.05) is 17.7 Å². The standard InChI is InChI=1S/C25H26ClN5O5S2/c1-13-17(23-18-7-15(26)4-3-14(18)5-6-29-23)10-22(37-13)24(33)19-11-28-12-30-25(19)31-16-8-20(32)21(9-16)36-38(34,35)27-2/h3-4,7,10-12,16,20-21,27,32H,5-6,8-9H2,1-2H3,(H,28,30,31)/t16-,20+,21-/m1/s1. The van der Waals surface area contributed by atoms with Gasteiger partial charge >= 0.3 is 10.3 Å². The fourth-order valence-corrected chi connectivity index (χ4v) is 6.54. The molecule has 2 aliphatic rings. The lowest BCUT2D eigenvalue weighted by Crippen LogP contribution is -2.31. The molecule has 3 heterocycles. The van der Waals surface area contributed by atoms with Crippen LogP contribution in [0.15, 0.2) is 41.8 Å². The third-order valence-electron chi connectivity index (χ3n) is 6.64. The van der Waals surface area contributed by atoms with E-state index in [0.717, 1.165) is 28.1 Å². The van der Waals surface area contributed by atoms with Crippen LogP contribution in [0.1, 0.15) is 49.6 Å². The van der Waals surface area contributed by atoms with E-state index < -0.39 is 22.5 Å². The minimum Gasteiger partial charge on any atom is -0.390 e. The smallest absolute Gasteiger partial charge is 0.335 e. The number of carbonyl (C=O) groups excluding carboxylic acids is 1. The third-order valence-corrected chi connectivity index (χ3v) is 8.93. The van der Waals surface area contributed by atoms with Crippen LogP contribution in [0.2, 0.25) is 5.02 Å². The zero-order valence-electron chi connectivity index (χ0n) is 20.6. The van der Waals surface area contributed by atoms with E-state index in [4.69, 9.17) is 20.8 Å². The number of thiophene rings is 1. The number of fused-ring (bicyclic) bond motifs is 1. The molecule has 1 fully saturated rings. The zero-order valence-corrected chi connectivity index (χ0v) is 23.0. The van der Waals surface area contributed by atoms with Crippen molar-refractivity contribution in [2.45, 2.75) is 44.4 Å². The summed E-state index contributed by atoms with van der Waals surface area (Å²) in [5.41, 5.74) is 4.13. The van der Waals surface area contributed by atoms with E-state index >= 15 is 0 Å². The maximum atomic E-state index is 13.6. The molecule has 0 saturated heterocycles. The minimum atomic E-state index is -3.96. The third kappa shape index (κ3) is 5.51. The number of anilines is 1. The molecule has 0 radical (unpaired) electrons. The SMILES string of the molecule is CNS(=O)(=O)O[C@@H]1C[C@H](Nc2ncncc2C(=O)c2cc(C3=NCCc4ccc(Cl)cc43)c(C)s2)C[C@@H]1O. The van der Waals surface area contributed by atoms with Crippen LogP contribution >= 0.6 is 22.9 Å². The average Bonchev–Trinajstić information content (AvgIpc) is 3.44. The molecule has 3 atom stereocenters. The van der Waals surface area contributed by atoms with Crippen molar-refractivity contribution in [3.05, 3.63) is 73.8 Å². The van der Waals surface area contributed by atoms with Crippen molar-refractivity contribution in [3.8, 4) is 0 Å². The van der Waals surface area contributed by atoms with Gasteiger partial charge in [0.25, 0.3) is 0 Å². The van der Waals surface area contributed by atoms with E-state index in [-0.39, 0.29) is 30.2 Å². The number of nitrogens with zero attached hydrogens (tertiary/aromatic N) is 3. The first-order valence-corrected chi connectivity index (χ1v) is 14.6. The second-order valence-corrected chi connectivity index (χ2v) is 12.4. The van der Waals surface area contributed by atoms with Gasteiger partial charge in [-0.25, -0.2) is 9.97 Å². The Bertz CT molecular complexity index is 1520. The molecule has 200 valence electrons. The molecule has 0 unspecified atom stereocenters. The summed E-state index contributed by atoms with van der Waals surface area (Å²) in [6, 6.07) is 7.29. The lowest BCUT2D eigenvalue weighted by molar-refractivity contribution is 0.0636. The predicted octanol–water partition coefficient (Wildman–Crippen LogP) is 2.91. The van der Waals surface area contributed by atoms with Gasteiger partial charge in [-0.2, -0.15) is 13.1 Å². The van der Waals surface area contributed by atoms with Gasteiger partial charge in [0, 0.05) is 46.9 Å². The lowest BCUT2D eigenvalue weighted by Gasteiger charge is -2.17. The zero-order chi connectivity index (χ0) is 27.0. The van der Waals surface area contributed by atoms with Crippen LogP contribution in [-0.2, 0) is 20.9 Å². The van der Waals surface area contributed by atoms with Gasteiger partial charge in [-0.3, -0.25) is 14.0 Å². The number of carbonyl (C=O) groups is 1. The van der Waals surface area contributed by atoms with Gasteiger partial charge in [0.2, 0.25) is 5.78 Å². The van der Waals surface area contributed by atoms with Crippen LogP contribution in [-0.4, -0.2) is 66.8 Å². The van der Waals surface area contributed by atoms with E-state index in [1.165, 1.54) is 36.5 Å². The molecule has 13 heteroatoms. The molecule has 38 heavy (non-hydrogen) atoms. The van der Waals surface area contributed by atoms with Gasteiger partial charge in [0.1, 0.15) is 18.2 Å². The van der Waals surface area contributed by atoms with Crippen molar-refractivity contribution in [2.24, 2.45) is 4.99 Å². The van der Waals surface area contributed by atoms with Crippen molar-refractivity contribution in [1.29, 1.82) is 0 Å². The minimum absolute atomic E-state index is 0.212. The number of aliphatic hydroxyl groups excluding tert-OH is 1. The Morgan fingerprint density at radius 3 is 2.84 bits per heavy atom. The Morgan fingerprint density at radius 1 is 1.24 bits per heavy atom. The highest BCUT2D eigenvalue weighted by molar-refractivity contribution is 7.84. The Morgan fingerprint density at radius 2 is 2.05 bits per heavy atom. The van der Waals surface area contributed by atoms with E-state index in [0.29, 0.717) is 22.3 Å². The maximum absolute atomic E-state index is 13.6. The average molecular weight is 576 g/mol. The number of hydrogen-bond donors (Lipinski definition) is 3. The molecular weight excluding hydrogens is 550 g/mol. The summed E-state index contributed by atoms with van der Waals surface area (Å²) in [6.07, 6.45) is 2.14. The second-order valence-electron chi connectivity index (χ2n) is 9.15. The summed E-state index contributed by atoms with van der Waals surface area (Å²) in [5, 5.41) is 14.1. The van der Waals surface area contributed by atoms with Crippen molar-refractivity contribution in [1.82, 2.24) is 14.7 Å². The molecule has 1 aliphatic heterocycles. The Balaban J connectivity index is 1.38. The van der Waals surface area contributed by atoms with Crippen molar-refractivity contribution in [2.75, 3.05) is 18.9 Å². The van der Waals surface area contributed by atoms with Crippen molar-refractivity contribution < 1.29 is 22.5 Å². The highest BCUT2D eigenvalue weighted by atomic mass is 35.5. The van der Waals surface area contributed by atoms with Crippen LogP contribution in [0.25, 0.3) is 0 Å². The normalized spacial score (nSPS) is 21.2. The summed E-state index contributed by atoms with van der Waals surface area (Å²) in [5.74, 6) is 0.0540. The summed E-state index contributed by atoms with van der Waals surface area (Å²) < 4.78 is 30.6. The van der Waals surface area contributed by atoms with E-state index in [1.807, 2.05) is 31.2 Å². The number of aryl methyl sites for hydroxylation is 1. The molecule has 1 aliphatic carbocycles. The van der Waals surface area contributed by atoms with Crippen LogP contribution in [0.4, 0.5) is 5.82 Å². The summed E-state index contributed by atoms with van der Waals surface area (Å²) in [7, 11) is -2.72. The first-order valence-electron chi connectivity index (χ1n) is 12.0. The van der Waals surface area contributed by atoms with Crippen molar-refractivity contribution >= 4 is 50.6 Å². The number of aromatic nitrogens is 2. The van der Waals surface area contributed by atoms with Crippen LogP contribution < -0.4 is 10.0 Å². The largest absolute Gasteiger partial charge is 0.390 e. The van der Waals surface area contributed by atoms with Gasteiger partial charge in [-0.05, 0) is 49.9 Å². The number of aliphatic imine (C=N–C) groups is 1.